The first kappa shape index (κ1) is 22.8. The molecule has 3 heteroatoms. The van der Waals surface area contributed by atoms with E-state index in [0.29, 0.717) is 18.4 Å². The molecule has 1 fully saturated rings. The van der Waals surface area contributed by atoms with Gasteiger partial charge in [0.2, 0.25) is 0 Å². The lowest BCUT2D eigenvalue weighted by Gasteiger charge is -2.39. The van der Waals surface area contributed by atoms with Crippen LogP contribution in [0.1, 0.15) is 42.0 Å². The standard InChI is InChI=1S/C31H33FN2/c1-23(28-16-9-14-25-12-5-7-15-30(25)28)33-20-27-22-34(21-26-13-6-8-17-31(26)32)19-18-29(27)24-10-3-2-4-11-24/h2-17,23,27,29,33H,18-22H2,1H3. The van der Waals surface area contributed by atoms with E-state index in [4.69, 9.17) is 0 Å². The van der Waals surface area contributed by atoms with Crippen LogP contribution in [-0.4, -0.2) is 24.5 Å². The third-order valence-corrected chi connectivity index (χ3v) is 7.37. The number of hydrogen-bond acceptors (Lipinski definition) is 2. The van der Waals surface area contributed by atoms with Gasteiger partial charge in [0, 0.05) is 31.2 Å². The Balaban J connectivity index is 1.33. The molecule has 34 heavy (non-hydrogen) atoms. The number of rotatable bonds is 7. The first-order valence-electron chi connectivity index (χ1n) is 12.4. The molecule has 2 nitrogen and oxygen atoms in total. The average molecular weight is 453 g/mol. The number of fused-ring (bicyclic) bond motifs is 1. The van der Waals surface area contributed by atoms with Crippen molar-refractivity contribution in [3.05, 3.63) is 120 Å². The van der Waals surface area contributed by atoms with E-state index in [2.05, 4.69) is 89.9 Å². The molecular weight excluding hydrogens is 419 g/mol. The number of piperidine rings is 1. The lowest BCUT2D eigenvalue weighted by Crippen LogP contribution is -2.43. The Morgan fingerprint density at radius 3 is 2.47 bits per heavy atom. The second-order valence-electron chi connectivity index (χ2n) is 9.59. The fourth-order valence-electron chi connectivity index (χ4n) is 5.53. The highest BCUT2D eigenvalue weighted by Gasteiger charge is 2.31. The minimum Gasteiger partial charge on any atom is -0.310 e. The van der Waals surface area contributed by atoms with E-state index >= 15 is 0 Å². The second-order valence-corrected chi connectivity index (χ2v) is 9.59. The highest BCUT2D eigenvalue weighted by Crippen LogP contribution is 2.34. The quantitative estimate of drug-likeness (QED) is 0.327. The van der Waals surface area contributed by atoms with Crippen LogP contribution < -0.4 is 5.32 Å². The maximum absolute atomic E-state index is 14.3. The Morgan fingerprint density at radius 2 is 1.62 bits per heavy atom. The molecule has 4 aromatic rings. The predicted octanol–water partition coefficient (Wildman–Crippen LogP) is 6.94. The summed E-state index contributed by atoms with van der Waals surface area (Å²) in [5.74, 6) is 0.859. The van der Waals surface area contributed by atoms with Crippen molar-refractivity contribution in [3.8, 4) is 0 Å². The molecule has 0 amide bonds. The van der Waals surface area contributed by atoms with Crippen LogP contribution in [0.5, 0.6) is 0 Å². The third-order valence-electron chi connectivity index (χ3n) is 7.37. The van der Waals surface area contributed by atoms with Crippen LogP contribution >= 0.6 is 0 Å². The van der Waals surface area contributed by atoms with Gasteiger partial charge < -0.3 is 5.32 Å². The van der Waals surface area contributed by atoms with Crippen LogP contribution in [0.25, 0.3) is 10.8 Å². The molecule has 1 saturated heterocycles. The lowest BCUT2D eigenvalue weighted by atomic mass is 9.80. The molecule has 0 bridgehead atoms. The van der Waals surface area contributed by atoms with Crippen molar-refractivity contribution in [3.63, 3.8) is 0 Å². The molecule has 0 saturated carbocycles. The molecular formula is C31H33FN2. The zero-order valence-corrected chi connectivity index (χ0v) is 19.8. The summed E-state index contributed by atoms with van der Waals surface area (Å²) in [6, 6.07) is 33.5. The van der Waals surface area contributed by atoms with Crippen LogP contribution in [-0.2, 0) is 6.54 Å². The summed E-state index contributed by atoms with van der Waals surface area (Å²) in [7, 11) is 0. The first-order chi connectivity index (χ1) is 16.7. The van der Waals surface area contributed by atoms with Crippen molar-refractivity contribution in [2.24, 2.45) is 5.92 Å². The fraction of sp³-hybridized carbons (Fsp3) is 0.290. The van der Waals surface area contributed by atoms with E-state index in [9.17, 15) is 4.39 Å². The van der Waals surface area contributed by atoms with Crippen LogP contribution in [0.3, 0.4) is 0 Å². The summed E-state index contributed by atoms with van der Waals surface area (Å²) in [5, 5.41) is 6.45. The maximum atomic E-state index is 14.3. The SMILES string of the molecule is CC(NCC1CN(Cc2ccccc2F)CCC1c1ccccc1)c1cccc2ccccc12. The summed E-state index contributed by atoms with van der Waals surface area (Å²) in [4.78, 5) is 2.42. The minimum atomic E-state index is -0.105. The van der Waals surface area contributed by atoms with Gasteiger partial charge in [-0.1, -0.05) is 91.0 Å². The summed E-state index contributed by atoms with van der Waals surface area (Å²) in [6.45, 7) is 5.81. The molecule has 3 unspecified atom stereocenters. The molecule has 3 atom stereocenters. The van der Waals surface area contributed by atoms with Crippen molar-refractivity contribution in [1.29, 1.82) is 0 Å². The lowest BCUT2D eigenvalue weighted by molar-refractivity contribution is 0.141. The first-order valence-corrected chi connectivity index (χ1v) is 12.4. The van der Waals surface area contributed by atoms with E-state index in [1.54, 1.807) is 12.1 Å². The Labute approximate surface area is 202 Å². The molecule has 1 aliphatic heterocycles. The van der Waals surface area contributed by atoms with Gasteiger partial charge in [-0.05, 0) is 59.7 Å². The number of hydrogen-bond donors (Lipinski definition) is 1. The van der Waals surface area contributed by atoms with Gasteiger partial charge in [0.15, 0.2) is 0 Å². The third kappa shape index (κ3) is 5.06. The number of nitrogens with zero attached hydrogens (tertiary/aromatic N) is 1. The highest BCUT2D eigenvalue weighted by atomic mass is 19.1. The number of nitrogens with one attached hydrogen (secondary N) is 1. The van der Waals surface area contributed by atoms with E-state index in [1.165, 1.54) is 21.9 Å². The Hall–Kier alpha value is -3.01. The maximum Gasteiger partial charge on any atom is 0.127 e. The highest BCUT2D eigenvalue weighted by molar-refractivity contribution is 5.86. The molecule has 5 rings (SSSR count). The summed E-state index contributed by atoms with van der Waals surface area (Å²) < 4.78 is 14.3. The summed E-state index contributed by atoms with van der Waals surface area (Å²) >= 11 is 0. The van der Waals surface area contributed by atoms with E-state index in [1.807, 2.05) is 12.1 Å². The predicted molar refractivity (Wildman–Crippen MR) is 139 cm³/mol. The van der Waals surface area contributed by atoms with E-state index in [0.717, 1.165) is 31.6 Å². The summed E-state index contributed by atoms with van der Waals surface area (Å²) in [5.41, 5.74) is 3.54. The zero-order chi connectivity index (χ0) is 23.3. The fourth-order valence-corrected chi connectivity index (χ4v) is 5.53. The molecule has 174 valence electrons. The van der Waals surface area contributed by atoms with E-state index in [-0.39, 0.29) is 11.9 Å². The van der Waals surface area contributed by atoms with Gasteiger partial charge in [-0.15, -0.1) is 0 Å². The van der Waals surface area contributed by atoms with Gasteiger partial charge in [-0.25, -0.2) is 4.39 Å². The molecule has 0 spiro atoms. The van der Waals surface area contributed by atoms with Gasteiger partial charge in [-0.3, -0.25) is 4.90 Å². The molecule has 4 aromatic carbocycles. The van der Waals surface area contributed by atoms with Crippen molar-refractivity contribution >= 4 is 10.8 Å². The molecule has 0 aromatic heterocycles. The van der Waals surface area contributed by atoms with Gasteiger partial charge in [0.25, 0.3) is 0 Å². The van der Waals surface area contributed by atoms with Crippen LogP contribution in [0.15, 0.2) is 97.1 Å². The Morgan fingerprint density at radius 1 is 0.882 bits per heavy atom. The molecule has 1 heterocycles. The van der Waals surface area contributed by atoms with Crippen molar-refractivity contribution in [1.82, 2.24) is 10.2 Å². The average Bonchev–Trinajstić information content (AvgIpc) is 2.89. The topological polar surface area (TPSA) is 15.3 Å². The van der Waals surface area contributed by atoms with Crippen LogP contribution in [0.4, 0.5) is 4.39 Å². The van der Waals surface area contributed by atoms with Crippen LogP contribution in [0, 0.1) is 11.7 Å². The number of benzene rings is 4. The summed E-state index contributed by atoms with van der Waals surface area (Å²) in [6.07, 6.45) is 1.09. The molecule has 1 aliphatic rings. The molecule has 0 aliphatic carbocycles. The molecule has 1 N–H and O–H groups in total. The second kappa shape index (κ2) is 10.5. The number of likely N-dealkylation sites (tertiary alicyclic amines) is 1. The van der Waals surface area contributed by atoms with Crippen molar-refractivity contribution < 1.29 is 4.39 Å². The largest absolute Gasteiger partial charge is 0.310 e. The van der Waals surface area contributed by atoms with Crippen molar-refractivity contribution in [2.75, 3.05) is 19.6 Å². The minimum absolute atomic E-state index is 0.105. The van der Waals surface area contributed by atoms with Crippen LogP contribution in [0.2, 0.25) is 0 Å². The smallest absolute Gasteiger partial charge is 0.127 e. The molecule has 0 radical (unpaired) electrons. The van der Waals surface area contributed by atoms with Gasteiger partial charge in [-0.2, -0.15) is 0 Å². The van der Waals surface area contributed by atoms with Gasteiger partial charge in [0.05, 0.1) is 0 Å². The Bertz CT molecular complexity index is 1220. The zero-order valence-electron chi connectivity index (χ0n) is 19.8. The number of halogens is 1. The van der Waals surface area contributed by atoms with Gasteiger partial charge in [0.1, 0.15) is 5.82 Å². The normalized spacial score (nSPS) is 19.8. The van der Waals surface area contributed by atoms with Gasteiger partial charge >= 0.3 is 0 Å². The monoisotopic (exact) mass is 452 g/mol. The Kier molecular flexibility index (Phi) is 7.03. The van der Waals surface area contributed by atoms with E-state index < -0.39 is 0 Å². The van der Waals surface area contributed by atoms with Crippen molar-refractivity contribution in [2.45, 2.75) is 31.8 Å².